The molecule has 3 aromatic rings. The zero-order valence-corrected chi connectivity index (χ0v) is 12.8. The number of aromatic amines is 1. The molecule has 0 unspecified atom stereocenters. The van der Waals surface area contributed by atoms with Crippen LogP contribution >= 0.6 is 11.3 Å². The molecule has 8 nitrogen and oxygen atoms in total. The highest BCUT2D eigenvalue weighted by molar-refractivity contribution is 7.13. The van der Waals surface area contributed by atoms with E-state index in [4.69, 9.17) is 4.42 Å². The van der Waals surface area contributed by atoms with E-state index in [2.05, 4.69) is 15.3 Å². The molecule has 0 radical (unpaired) electrons. The van der Waals surface area contributed by atoms with Gasteiger partial charge >= 0.3 is 5.69 Å². The van der Waals surface area contributed by atoms with Crippen LogP contribution in [0, 0.1) is 6.92 Å². The van der Waals surface area contributed by atoms with Crippen molar-refractivity contribution in [3.8, 4) is 0 Å². The molecule has 0 aliphatic heterocycles. The van der Waals surface area contributed by atoms with Crippen LogP contribution in [0.15, 0.2) is 44.0 Å². The molecule has 3 rings (SSSR count). The highest BCUT2D eigenvalue weighted by atomic mass is 32.1. The number of hydrogen-bond acceptors (Lipinski definition) is 6. The third kappa shape index (κ3) is 3.14. The van der Waals surface area contributed by atoms with Gasteiger partial charge in [0.2, 0.25) is 0 Å². The molecule has 0 aliphatic carbocycles. The van der Waals surface area contributed by atoms with Crippen LogP contribution in [0.4, 0.5) is 5.13 Å². The molecule has 0 saturated carbocycles. The van der Waals surface area contributed by atoms with Crippen LogP contribution in [0.3, 0.4) is 0 Å². The monoisotopic (exact) mass is 332 g/mol. The molecular weight excluding hydrogens is 320 g/mol. The Hall–Kier alpha value is -2.94. The Kier molecular flexibility index (Phi) is 3.94. The third-order valence-corrected chi connectivity index (χ3v) is 3.91. The molecule has 2 N–H and O–H groups in total. The van der Waals surface area contributed by atoms with Gasteiger partial charge in [-0.2, -0.15) is 0 Å². The molecule has 0 aromatic carbocycles. The van der Waals surface area contributed by atoms with Gasteiger partial charge in [0.05, 0.1) is 18.5 Å². The van der Waals surface area contributed by atoms with Crippen molar-refractivity contribution in [2.75, 3.05) is 5.32 Å². The lowest BCUT2D eigenvalue weighted by Gasteiger charge is -2.05. The number of nitrogens with one attached hydrogen (secondary N) is 2. The van der Waals surface area contributed by atoms with Crippen molar-refractivity contribution >= 4 is 22.4 Å². The van der Waals surface area contributed by atoms with E-state index < -0.39 is 17.2 Å². The number of carbonyl (C=O) groups excluding carboxylic acids is 1. The van der Waals surface area contributed by atoms with E-state index in [0.717, 1.165) is 16.5 Å². The largest absolute Gasteiger partial charge is 0.467 e. The van der Waals surface area contributed by atoms with Crippen molar-refractivity contribution in [3.63, 3.8) is 0 Å². The van der Waals surface area contributed by atoms with E-state index in [0.29, 0.717) is 10.9 Å². The van der Waals surface area contributed by atoms with E-state index >= 15 is 0 Å². The van der Waals surface area contributed by atoms with Gasteiger partial charge in [-0.25, -0.2) is 9.78 Å². The molecule has 23 heavy (non-hydrogen) atoms. The van der Waals surface area contributed by atoms with Crippen molar-refractivity contribution in [3.05, 3.63) is 67.8 Å². The molecule has 0 atom stereocenters. The third-order valence-electron chi connectivity index (χ3n) is 3.04. The summed E-state index contributed by atoms with van der Waals surface area (Å²) in [7, 11) is 0. The molecule has 1 amide bonds. The van der Waals surface area contributed by atoms with Gasteiger partial charge in [0.25, 0.3) is 11.5 Å². The number of thiazole rings is 1. The molecule has 3 heterocycles. The zero-order valence-electron chi connectivity index (χ0n) is 12.0. The first kappa shape index (κ1) is 15.0. The van der Waals surface area contributed by atoms with Crippen molar-refractivity contribution in [1.29, 1.82) is 0 Å². The van der Waals surface area contributed by atoms with Crippen LogP contribution in [0.5, 0.6) is 0 Å². The second-order valence-corrected chi connectivity index (χ2v) is 5.58. The van der Waals surface area contributed by atoms with Gasteiger partial charge in [0, 0.05) is 11.6 Å². The summed E-state index contributed by atoms with van der Waals surface area (Å²) < 4.78 is 6.03. The number of carbonyl (C=O) groups is 1. The van der Waals surface area contributed by atoms with Gasteiger partial charge in [-0.3, -0.25) is 19.5 Å². The number of aromatic nitrogens is 3. The number of amides is 1. The Morgan fingerprint density at radius 1 is 1.48 bits per heavy atom. The van der Waals surface area contributed by atoms with Crippen molar-refractivity contribution < 1.29 is 9.21 Å². The minimum Gasteiger partial charge on any atom is -0.467 e. The van der Waals surface area contributed by atoms with Gasteiger partial charge in [0.1, 0.15) is 11.3 Å². The molecular formula is C14H12N4O4S. The lowest BCUT2D eigenvalue weighted by Crippen LogP contribution is -2.39. The van der Waals surface area contributed by atoms with Gasteiger partial charge in [0.15, 0.2) is 5.13 Å². The average Bonchev–Trinajstić information content (AvgIpc) is 3.15. The predicted molar refractivity (Wildman–Crippen MR) is 83.9 cm³/mol. The van der Waals surface area contributed by atoms with Gasteiger partial charge in [-0.05, 0) is 19.1 Å². The fourth-order valence-electron chi connectivity index (χ4n) is 1.95. The van der Waals surface area contributed by atoms with Gasteiger partial charge in [-0.1, -0.05) is 0 Å². The van der Waals surface area contributed by atoms with Crippen molar-refractivity contribution in [1.82, 2.24) is 14.5 Å². The minimum absolute atomic E-state index is 0.0569. The fraction of sp³-hybridized carbons (Fsp3) is 0.143. The number of rotatable bonds is 4. The van der Waals surface area contributed by atoms with Crippen LogP contribution in [-0.4, -0.2) is 20.4 Å². The smallest absolute Gasteiger partial charge is 0.328 e. The molecule has 118 valence electrons. The van der Waals surface area contributed by atoms with Crippen LogP contribution in [-0.2, 0) is 6.54 Å². The van der Waals surface area contributed by atoms with E-state index in [1.54, 1.807) is 24.4 Å². The fourth-order valence-corrected chi connectivity index (χ4v) is 2.63. The van der Waals surface area contributed by atoms with Crippen molar-refractivity contribution in [2.45, 2.75) is 13.5 Å². The maximum absolute atomic E-state index is 12.4. The minimum atomic E-state index is -0.698. The van der Waals surface area contributed by atoms with E-state index in [-0.39, 0.29) is 12.1 Å². The second kappa shape index (κ2) is 6.05. The normalized spacial score (nSPS) is 10.7. The molecule has 0 spiro atoms. The first-order valence-corrected chi connectivity index (χ1v) is 7.51. The molecule has 0 bridgehead atoms. The average molecular weight is 332 g/mol. The Balaban J connectivity index is 1.92. The summed E-state index contributed by atoms with van der Waals surface area (Å²) in [5.74, 6) is -0.195. The second-order valence-electron chi connectivity index (χ2n) is 4.73. The molecule has 3 aromatic heterocycles. The SMILES string of the molecule is Cc1csc(NC(=O)c2c[nH]c(=O)n(Cc3ccco3)c2=O)n1. The lowest BCUT2D eigenvalue weighted by atomic mass is 10.3. The zero-order chi connectivity index (χ0) is 16.4. The Morgan fingerprint density at radius 2 is 2.30 bits per heavy atom. The first-order valence-electron chi connectivity index (χ1n) is 6.63. The van der Waals surface area contributed by atoms with Crippen molar-refractivity contribution in [2.24, 2.45) is 0 Å². The summed E-state index contributed by atoms with van der Waals surface area (Å²) >= 11 is 1.25. The highest BCUT2D eigenvalue weighted by Gasteiger charge is 2.16. The molecule has 0 fully saturated rings. The van der Waals surface area contributed by atoms with Crippen LogP contribution in [0.1, 0.15) is 21.8 Å². The van der Waals surface area contributed by atoms with Crippen LogP contribution in [0.2, 0.25) is 0 Å². The number of anilines is 1. The molecule has 0 saturated heterocycles. The van der Waals surface area contributed by atoms with Crippen LogP contribution in [0.25, 0.3) is 0 Å². The maximum atomic E-state index is 12.4. The predicted octanol–water partition coefficient (Wildman–Crippen LogP) is 1.20. The van der Waals surface area contributed by atoms with Crippen LogP contribution < -0.4 is 16.6 Å². The number of nitrogens with zero attached hydrogens (tertiary/aromatic N) is 2. The Morgan fingerprint density at radius 3 is 2.96 bits per heavy atom. The highest BCUT2D eigenvalue weighted by Crippen LogP contribution is 2.14. The summed E-state index contributed by atoms with van der Waals surface area (Å²) in [5.41, 5.74) is -0.727. The first-order chi connectivity index (χ1) is 11.0. The Bertz CT molecular complexity index is 952. The van der Waals surface area contributed by atoms with Gasteiger partial charge < -0.3 is 9.40 Å². The maximum Gasteiger partial charge on any atom is 0.328 e. The van der Waals surface area contributed by atoms with Gasteiger partial charge in [-0.15, -0.1) is 11.3 Å². The summed E-state index contributed by atoms with van der Waals surface area (Å²) in [6, 6.07) is 3.28. The number of hydrogen-bond donors (Lipinski definition) is 2. The number of furan rings is 1. The van der Waals surface area contributed by atoms with E-state index in [9.17, 15) is 14.4 Å². The summed E-state index contributed by atoms with van der Waals surface area (Å²) in [5, 5.41) is 4.70. The van der Waals surface area contributed by atoms with E-state index in [1.807, 2.05) is 0 Å². The lowest BCUT2D eigenvalue weighted by molar-refractivity contribution is 0.102. The molecule has 9 heteroatoms. The Labute approximate surface area is 133 Å². The summed E-state index contributed by atoms with van der Waals surface area (Å²) in [4.78, 5) is 42.9. The summed E-state index contributed by atoms with van der Waals surface area (Å²) in [6.45, 7) is 1.74. The quantitative estimate of drug-likeness (QED) is 0.746. The summed E-state index contributed by atoms with van der Waals surface area (Å²) in [6.07, 6.45) is 2.54. The number of H-pyrrole nitrogens is 1. The van der Waals surface area contributed by atoms with E-state index in [1.165, 1.54) is 17.6 Å². The topological polar surface area (TPSA) is 110 Å². The number of aryl methyl sites for hydroxylation is 1. The molecule has 0 aliphatic rings. The standard InChI is InChI=1S/C14H12N4O4S/c1-8-7-23-13(16-8)17-11(19)10-5-15-14(21)18(12(10)20)6-9-3-2-4-22-9/h2-5,7H,6H2,1H3,(H,15,21)(H,16,17,19).